The van der Waals surface area contributed by atoms with Gasteiger partial charge in [0, 0.05) is 6.54 Å². The number of halogens is 1. The number of methoxy groups -OCH3 is 1. The van der Waals surface area contributed by atoms with Gasteiger partial charge in [0.25, 0.3) is 5.91 Å². The van der Waals surface area contributed by atoms with E-state index in [1.54, 1.807) is 0 Å². The number of carbonyl (C=O) groups excluding carboxylic acids is 2. The highest BCUT2D eigenvalue weighted by Gasteiger charge is 2.35. The summed E-state index contributed by atoms with van der Waals surface area (Å²) in [6, 6.07) is 0.639. The maximum absolute atomic E-state index is 12.5. The van der Waals surface area contributed by atoms with Crippen molar-refractivity contribution in [1.29, 1.82) is 0 Å². The molecule has 0 aliphatic carbocycles. The number of aromatic nitrogens is 1. The van der Waals surface area contributed by atoms with Gasteiger partial charge in [-0.15, -0.1) is 0 Å². The molecule has 1 fully saturated rings. The second-order valence-corrected chi connectivity index (χ2v) is 4.58. The molecule has 0 spiro atoms. The lowest BCUT2D eigenvalue weighted by atomic mass is 10.1. The van der Waals surface area contributed by atoms with Crippen LogP contribution in [-0.4, -0.2) is 54.7 Å². The number of anilines is 1. The van der Waals surface area contributed by atoms with E-state index in [0.29, 0.717) is 12.3 Å². The van der Waals surface area contributed by atoms with Crippen molar-refractivity contribution < 1.29 is 19.1 Å². The molecular weight excluding hydrogens is 286 g/mol. The Balaban J connectivity index is 2.30. The molecule has 7 nitrogen and oxygen atoms in total. The van der Waals surface area contributed by atoms with Crippen molar-refractivity contribution in [3.63, 3.8) is 0 Å². The molecule has 1 aromatic rings. The average Bonchev–Trinajstić information content (AvgIpc) is 2.48. The summed E-state index contributed by atoms with van der Waals surface area (Å²) in [6.45, 7) is 0.697. The van der Waals surface area contributed by atoms with Gasteiger partial charge in [-0.1, -0.05) is 11.6 Å². The maximum Gasteiger partial charge on any atom is 0.331 e. The van der Waals surface area contributed by atoms with E-state index in [1.807, 2.05) is 0 Å². The largest absolute Gasteiger partial charge is 0.467 e. The lowest BCUT2D eigenvalue weighted by Crippen LogP contribution is -2.53. The zero-order valence-corrected chi connectivity index (χ0v) is 11.6. The number of morpholine rings is 1. The second kappa shape index (κ2) is 6.06. The topological polar surface area (TPSA) is 94.8 Å². The van der Waals surface area contributed by atoms with Gasteiger partial charge in [0.05, 0.1) is 37.8 Å². The zero-order chi connectivity index (χ0) is 14.7. The van der Waals surface area contributed by atoms with E-state index in [0.717, 1.165) is 0 Å². The van der Waals surface area contributed by atoms with Crippen LogP contribution in [0, 0.1) is 0 Å². The van der Waals surface area contributed by atoms with Crippen LogP contribution in [0.3, 0.4) is 0 Å². The van der Waals surface area contributed by atoms with Crippen LogP contribution < -0.4 is 5.73 Å². The minimum atomic E-state index is -0.793. The van der Waals surface area contributed by atoms with E-state index < -0.39 is 17.9 Å². The number of pyridine rings is 1. The van der Waals surface area contributed by atoms with Crippen LogP contribution in [0.5, 0.6) is 0 Å². The van der Waals surface area contributed by atoms with Crippen LogP contribution in [0.15, 0.2) is 12.3 Å². The van der Waals surface area contributed by atoms with Crippen LogP contribution in [0.2, 0.25) is 5.15 Å². The van der Waals surface area contributed by atoms with Gasteiger partial charge in [-0.2, -0.15) is 0 Å². The smallest absolute Gasteiger partial charge is 0.331 e. The third kappa shape index (κ3) is 2.83. The molecule has 1 aromatic heterocycles. The monoisotopic (exact) mass is 299 g/mol. The van der Waals surface area contributed by atoms with Gasteiger partial charge in [0.1, 0.15) is 5.15 Å². The van der Waals surface area contributed by atoms with Crippen LogP contribution in [0.1, 0.15) is 10.4 Å². The van der Waals surface area contributed by atoms with Crippen molar-refractivity contribution in [2.45, 2.75) is 6.04 Å². The second-order valence-electron chi connectivity index (χ2n) is 4.22. The predicted molar refractivity (Wildman–Crippen MR) is 71.3 cm³/mol. The summed E-state index contributed by atoms with van der Waals surface area (Å²) in [5.74, 6) is -0.959. The van der Waals surface area contributed by atoms with Crippen LogP contribution in [-0.2, 0) is 14.3 Å². The van der Waals surface area contributed by atoms with Gasteiger partial charge < -0.3 is 20.1 Å². The van der Waals surface area contributed by atoms with E-state index in [2.05, 4.69) is 9.72 Å². The van der Waals surface area contributed by atoms with Crippen LogP contribution in [0.25, 0.3) is 0 Å². The third-order valence-electron chi connectivity index (χ3n) is 2.95. The fourth-order valence-electron chi connectivity index (χ4n) is 1.95. The number of hydrogen-bond donors (Lipinski definition) is 1. The number of nitrogens with zero attached hydrogens (tertiary/aromatic N) is 2. The fourth-order valence-corrected chi connectivity index (χ4v) is 2.13. The molecule has 1 aliphatic heterocycles. The van der Waals surface area contributed by atoms with Crippen molar-refractivity contribution in [3.05, 3.63) is 23.0 Å². The Morgan fingerprint density at radius 2 is 2.35 bits per heavy atom. The molecule has 1 amide bonds. The molecule has 20 heavy (non-hydrogen) atoms. The van der Waals surface area contributed by atoms with Gasteiger partial charge >= 0.3 is 5.97 Å². The van der Waals surface area contributed by atoms with Gasteiger partial charge in [-0.05, 0) is 6.07 Å². The van der Waals surface area contributed by atoms with Gasteiger partial charge in [-0.25, -0.2) is 9.78 Å². The number of amides is 1. The Morgan fingerprint density at radius 1 is 1.60 bits per heavy atom. The Hall–Kier alpha value is -1.86. The van der Waals surface area contributed by atoms with Crippen LogP contribution >= 0.6 is 11.6 Å². The first-order valence-electron chi connectivity index (χ1n) is 5.92. The fraction of sp³-hybridized carbons (Fsp3) is 0.417. The molecule has 108 valence electrons. The van der Waals surface area contributed by atoms with Gasteiger partial charge in [-0.3, -0.25) is 4.79 Å². The summed E-state index contributed by atoms with van der Waals surface area (Å²) in [5, 5.41) is 0.0410. The molecule has 8 heteroatoms. The van der Waals surface area contributed by atoms with Gasteiger partial charge in [0.15, 0.2) is 6.04 Å². The molecule has 2 heterocycles. The van der Waals surface area contributed by atoms with Crippen molar-refractivity contribution in [1.82, 2.24) is 9.88 Å². The average molecular weight is 300 g/mol. The van der Waals surface area contributed by atoms with E-state index in [4.69, 9.17) is 22.1 Å². The highest BCUT2D eigenvalue weighted by molar-refractivity contribution is 6.32. The molecule has 1 unspecified atom stereocenters. The number of esters is 1. The summed E-state index contributed by atoms with van der Waals surface area (Å²) in [6.07, 6.45) is 1.36. The highest BCUT2D eigenvalue weighted by atomic mass is 35.5. The highest BCUT2D eigenvalue weighted by Crippen LogP contribution is 2.20. The maximum atomic E-state index is 12.5. The Labute approximate surface area is 120 Å². The summed E-state index contributed by atoms with van der Waals surface area (Å²) in [7, 11) is 1.26. The van der Waals surface area contributed by atoms with Gasteiger partial charge in [0.2, 0.25) is 0 Å². The van der Waals surface area contributed by atoms with Crippen LogP contribution in [0.4, 0.5) is 5.69 Å². The molecule has 1 aliphatic rings. The summed E-state index contributed by atoms with van der Waals surface area (Å²) >= 11 is 5.91. The molecule has 1 saturated heterocycles. The minimum Gasteiger partial charge on any atom is -0.467 e. The Kier molecular flexibility index (Phi) is 4.41. The van der Waals surface area contributed by atoms with Crippen molar-refractivity contribution in [3.8, 4) is 0 Å². The van der Waals surface area contributed by atoms with E-state index >= 15 is 0 Å². The van der Waals surface area contributed by atoms with E-state index in [9.17, 15) is 9.59 Å². The number of nitrogens with two attached hydrogens (primary N) is 1. The van der Waals surface area contributed by atoms with Crippen molar-refractivity contribution in [2.24, 2.45) is 0 Å². The van der Waals surface area contributed by atoms with Crippen molar-refractivity contribution in [2.75, 3.05) is 32.6 Å². The van der Waals surface area contributed by atoms with E-state index in [-0.39, 0.29) is 23.9 Å². The summed E-state index contributed by atoms with van der Waals surface area (Å²) < 4.78 is 9.88. The zero-order valence-electron chi connectivity index (χ0n) is 10.8. The Bertz CT molecular complexity index is 537. The lowest BCUT2D eigenvalue weighted by molar-refractivity contribution is -0.151. The number of ether oxygens (including phenoxy) is 2. The molecule has 0 bridgehead atoms. The molecule has 2 rings (SSSR count). The number of carbonyl (C=O) groups is 2. The molecule has 2 N–H and O–H groups in total. The third-order valence-corrected chi connectivity index (χ3v) is 3.25. The number of rotatable bonds is 2. The molecular formula is C12H14ClN3O4. The summed E-state index contributed by atoms with van der Waals surface area (Å²) in [5.41, 5.74) is 6.08. The van der Waals surface area contributed by atoms with E-state index in [1.165, 1.54) is 24.3 Å². The number of nitrogen functional groups attached to an aromatic ring is 1. The number of hydrogen-bond acceptors (Lipinski definition) is 6. The van der Waals surface area contributed by atoms with Crippen molar-refractivity contribution >= 4 is 29.2 Å². The molecule has 0 aromatic carbocycles. The first-order chi connectivity index (χ1) is 9.54. The molecule has 0 saturated carbocycles. The SMILES string of the molecule is COC(=O)C1COCCN1C(=O)c1cc(N)cnc1Cl. The predicted octanol–water partition coefficient (Wildman–Crippen LogP) is 0.331. The summed E-state index contributed by atoms with van der Waals surface area (Å²) in [4.78, 5) is 29.4. The molecule has 1 atom stereocenters. The Morgan fingerprint density at radius 3 is 3.05 bits per heavy atom. The first kappa shape index (κ1) is 14.5. The standard InChI is InChI=1S/C12H14ClN3O4/c1-19-12(18)9-6-20-3-2-16(9)11(17)8-4-7(14)5-15-10(8)13/h4-5,9H,2-3,6,14H2,1H3. The first-order valence-corrected chi connectivity index (χ1v) is 6.30. The lowest BCUT2D eigenvalue weighted by Gasteiger charge is -2.33. The quantitative estimate of drug-likeness (QED) is 0.625. The minimum absolute atomic E-state index is 0.0410. The normalized spacial score (nSPS) is 18.7. The molecule has 0 radical (unpaired) electrons.